The molecule has 33 heavy (non-hydrogen) atoms. The number of hydrogen-bond donors (Lipinski definition) is 3. The number of carbonyl (C=O) groups excluding carboxylic acids is 3. The molecule has 1 atom stereocenters. The van der Waals surface area contributed by atoms with Crippen molar-refractivity contribution in [1.29, 1.82) is 0 Å². The van der Waals surface area contributed by atoms with E-state index in [4.69, 9.17) is 5.11 Å². The van der Waals surface area contributed by atoms with Gasteiger partial charge in [0.2, 0.25) is 11.8 Å². The molecule has 3 aromatic rings. The minimum absolute atomic E-state index is 0.0356. The smallest absolute Gasteiger partial charge is 0.305 e. The molecule has 10 heteroatoms. The number of nitrogens with one attached hydrogen (secondary N) is 2. The number of rotatable bonds is 7. The Morgan fingerprint density at radius 2 is 1.94 bits per heavy atom. The molecule has 1 fully saturated rings. The second-order valence-electron chi connectivity index (χ2n) is 7.76. The lowest BCUT2D eigenvalue weighted by molar-refractivity contribution is -0.136. The first-order valence-corrected chi connectivity index (χ1v) is 11.2. The predicted octanol–water partition coefficient (Wildman–Crippen LogP) is 2.80. The van der Waals surface area contributed by atoms with Crippen molar-refractivity contribution < 1.29 is 24.3 Å². The zero-order valence-corrected chi connectivity index (χ0v) is 18.6. The highest BCUT2D eigenvalue weighted by Crippen LogP contribution is 2.30. The summed E-state index contributed by atoms with van der Waals surface area (Å²) in [5, 5.41) is 14.9. The van der Waals surface area contributed by atoms with Crippen LogP contribution in [0.5, 0.6) is 0 Å². The molecule has 170 valence electrons. The second kappa shape index (κ2) is 9.37. The maximum absolute atomic E-state index is 12.7. The lowest BCUT2D eigenvalue weighted by Crippen LogP contribution is -2.28. The van der Waals surface area contributed by atoms with Crippen LogP contribution in [0.1, 0.15) is 28.2 Å². The van der Waals surface area contributed by atoms with Crippen molar-refractivity contribution in [3.8, 4) is 0 Å². The minimum atomic E-state index is -0.990. The number of nitrogens with zero attached hydrogens (tertiary/aromatic N) is 2. The van der Waals surface area contributed by atoms with Gasteiger partial charge in [-0.3, -0.25) is 19.2 Å². The molecule has 0 bridgehead atoms. The summed E-state index contributed by atoms with van der Waals surface area (Å²) < 4.78 is 1.05. The standard InChI is InChI=1S/C23H22N4O5S/c1-13-25-18-11-17(6-7-19(18)33-13)27-12-15(10-20(27)28)23(32)26-16-4-2-14(3-5-16)22(31)24-9-8-21(29)30/h2-7,11,15H,8-10,12H2,1H3,(H,24,31)(H,26,32)(H,29,30). The van der Waals surface area contributed by atoms with E-state index in [-0.39, 0.29) is 37.7 Å². The van der Waals surface area contributed by atoms with E-state index in [2.05, 4.69) is 15.6 Å². The quantitative estimate of drug-likeness (QED) is 0.491. The summed E-state index contributed by atoms with van der Waals surface area (Å²) in [5.74, 6) is -2.26. The van der Waals surface area contributed by atoms with Gasteiger partial charge in [-0.1, -0.05) is 0 Å². The van der Waals surface area contributed by atoms with E-state index in [1.54, 1.807) is 40.5 Å². The lowest BCUT2D eigenvalue weighted by Gasteiger charge is -2.16. The molecule has 9 nitrogen and oxygen atoms in total. The Balaban J connectivity index is 1.36. The third kappa shape index (κ3) is 5.17. The van der Waals surface area contributed by atoms with Gasteiger partial charge in [0.1, 0.15) is 0 Å². The molecule has 3 N–H and O–H groups in total. The van der Waals surface area contributed by atoms with Crippen molar-refractivity contribution >= 4 is 56.6 Å². The number of benzene rings is 2. The highest BCUT2D eigenvalue weighted by Gasteiger charge is 2.35. The third-order valence-electron chi connectivity index (χ3n) is 5.32. The molecule has 1 aliphatic heterocycles. The van der Waals surface area contributed by atoms with Crippen LogP contribution in [0.2, 0.25) is 0 Å². The van der Waals surface area contributed by atoms with Gasteiger partial charge < -0.3 is 20.6 Å². The number of thiazole rings is 1. The zero-order valence-electron chi connectivity index (χ0n) is 17.8. The lowest BCUT2D eigenvalue weighted by atomic mass is 10.1. The van der Waals surface area contributed by atoms with Gasteiger partial charge in [-0.2, -0.15) is 0 Å². The molecule has 0 aliphatic carbocycles. The van der Waals surface area contributed by atoms with Crippen LogP contribution in [0.3, 0.4) is 0 Å². The Labute approximate surface area is 193 Å². The Hall–Kier alpha value is -3.79. The summed E-state index contributed by atoms with van der Waals surface area (Å²) in [4.78, 5) is 54.0. The molecular formula is C23H22N4O5S. The van der Waals surface area contributed by atoms with E-state index in [0.29, 0.717) is 11.3 Å². The molecule has 2 heterocycles. The summed E-state index contributed by atoms with van der Waals surface area (Å²) in [7, 11) is 0. The van der Waals surface area contributed by atoms with Crippen LogP contribution in [-0.4, -0.2) is 46.9 Å². The number of aryl methyl sites for hydroxylation is 1. The molecule has 0 saturated carbocycles. The molecule has 1 unspecified atom stereocenters. The summed E-state index contributed by atoms with van der Waals surface area (Å²) in [6, 6.07) is 12.0. The van der Waals surface area contributed by atoms with Crippen molar-refractivity contribution in [2.75, 3.05) is 23.3 Å². The maximum Gasteiger partial charge on any atom is 0.305 e. The highest BCUT2D eigenvalue weighted by atomic mass is 32.1. The first-order chi connectivity index (χ1) is 15.8. The number of carboxylic acid groups (broad SMARTS) is 1. The highest BCUT2D eigenvalue weighted by molar-refractivity contribution is 7.18. The minimum Gasteiger partial charge on any atom is -0.481 e. The Morgan fingerprint density at radius 1 is 1.18 bits per heavy atom. The van der Waals surface area contributed by atoms with Gasteiger partial charge in [0.15, 0.2) is 0 Å². The van der Waals surface area contributed by atoms with Gasteiger partial charge in [0.25, 0.3) is 5.91 Å². The number of aliphatic carboxylic acids is 1. The average Bonchev–Trinajstić information content (AvgIpc) is 3.34. The van der Waals surface area contributed by atoms with Crippen LogP contribution < -0.4 is 15.5 Å². The summed E-state index contributed by atoms with van der Waals surface area (Å²) in [5.41, 5.74) is 2.43. The van der Waals surface area contributed by atoms with Crippen molar-refractivity contribution in [1.82, 2.24) is 10.3 Å². The van der Waals surface area contributed by atoms with Gasteiger partial charge >= 0.3 is 5.97 Å². The van der Waals surface area contributed by atoms with Gasteiger partial charge in [0.05, 0.1) is 27.6 Å². The zero-order chi connectivity index (χ0) is 23.5. The first kappa shape index (κ1) is 22.4. The summed E-state index contributed by atoms with van der Waals surface area (Å²) in [6.07, 6.45) is -0.0433. The molecule has 3 amide bonds. The van der Waals surface area contributed by atoms with Gasteiger partial charge in [0, 0.05) is 36.4 Å². The van der Waals surface area contributed by atoms with Crippen LogP contribution in [0.25, 0.3) is 10.2 Å². The molecule has 2 aromatic carbocycles. The van der Waals surface area contributed by atoms with Crippen LogP contribution in [-0.2, 0) is 14.4 Å². The number of carboxylic acids is 1. The Bertz CT molecular complexity index is 1240. The van der Waals surface area contributed by atoms with Crippen molar-refractivity contribution in [3.05, 3.63) is 53.0 Å². The van der Waals surface area contributed by atoms with E-state index < -0.39 is 17.8 Å². The normalized spacial score (nSPS) is 15.6. The molecule has 4 rings (SSSR count). The van der Waals surface area contributed by atoms with Crippen molar-refractivity contribution in [2.24, 2.45) is 5.92 Å². The monoisotopic (exact) mass is 466 g/mol. The van der Waals surface area contributed by atoms with E-state index in [0.717, 1.165) is 20.9 Å². The van der Waals surface area contributed by atoms with Crippen molar-refractivity contribution in [2.45, 2.75) is 19.8 Å². The number of anilines is 2. The Kier molecular flexibility index (Phi) is 6.36. The van der Waals surface area contributed by atoms with E-state index in [1.165, 1.54) is 0 Å². The third-order valence-corrected chi connectivity index (χ3v) is 6.28. The number of carbonyl (C=O) groups is 4. The SMILES string of the molecule is Cc1nc2cc(N3CC(C(=O)Nc4ccc(C(=O)NCCC(=O)O)cc4)CC3=O)ccc2s1. The number of hydrogen-bond acceptors (Lipinski definition) is 6. The molecule has 0 spiro atoms. The van der Waals surface area contributed by atoms with Gasteiger partial charge in [-0.15, -0.1) is 11.3 Å². The molecular weight excluding hydrogens is 444 g/mol. The predicted molar refractivity (Wildman–Crippen MR) is 124 cm³/mol. The number of fused-ring (bicyclic) bond motifs is 1. The fourth-order valence-electron chi connectivity index (χ4n) is 3.67. The van der Waals surface area contributed by atoms with Gasteiger partial charge in [-0.05, 0) is 49.4 Å². The van der Waals surface area contributed by atoms with E-state index >= 15 is 0 Å². The van der Waals surface area contributed by atoms with E-state index in [1.807, 2.05) is 25.1 Å². The van der Waals surface area contributed by atoms with Crippen LogP contribution in [0, 0.1) is 12.8 Å². The van der Waals surface area contributed by atoms with E-state index in [9.17, 15) is 19.2 Å². The van der Waals surface area contributed by atoms with Gasteiger partial charge in [-0.25, -0.2) is 4.98 Å². The molecule has 1 aliphatic rings. The second-order valence-corrected chi connectivity index (χ2v) is 8.99. The molecule has 1 aromatic heterocycles. The Morgan fingerprint density at radius 3 is 2.67 bits per heavy atom. The molecule has 1 saturated heterocycles. The fraction of sp³-hybridized carbons (Fsp3) is 0.261. The largest absolute Gasteiger partial charge is 0.481 e. The summed E-state index contributed by atoms with van der Waals surface area (Å²) >= 11 is 1.59. The van der Waals surface area contributed by atoms with Crippen LogP contribution in [0.4, 0.5) is 11.4 Å². The number of amides is 3. The van der Waals surface area contributed by atoms with Crippen LogP contribution in [0.15, 0.2) is 42.5 Å². The topological polar surface area (TPSA) is 129 Å². The maximum atomic E-state index is 12.7. The van der Waals surface area contributed by atoms with Crippen LogP contribution >= 0.6 is 11.3 Å². The number of aromatic nitrogens is 1. The van der Waals surface area contributed by atoms with Crippen molar-refractivity contribution in [3.63, 3.8) is 0 Å². The average molecular weight is 467 g/mol. The first-order valence-electron chi connectivity index (χ1n) is 10.4. The summed E-state index contributed by atoms with van der Waals surface area (Å²) in [6.45, 7) is 2.25. The molecule has 0 radical (unpaired) electrons. The fourth-order valence-corrected chi connectivity index (χ4v) is 4.47.